The van der Waals surface area contributed by atoms with E-state index in [9.17, 15) is 24.6 Å². The lowest BCUT2D eigenvalue weighted by Gasteiger charge is -2.28. The monoisotopic (exact) mass is 406 g/mol. The van der Waals surface area contributed by atoms with Crippen LogP contribution in [0.3, 0.4) is 0 Å². The second kappa shape index (κ2) is 8.96. The third-order valence-electron chi connectivity index (χ3n) is 5.77. The third kappa shape index (κ3) is 4.67. The fourth-order valence-corrected chi connectivity index (χ4v) is 5.71. The first-order chi connectivity index (χ1) is 13.4. The maximum absolute atomic E-state index is 12.6. The summed E-state index contributed by atoms with van der Waals surface area (Å²) >= 11 is 1.46. The first-order valence-corrected chi connectivity index (χ1v) is 10.6. The number of aryl methyl sites for hydroxylation is 1. The maximum atomic E-state index is 12.6. The average Bonchev–Trinajstić information content (AvgIpc) is 3.29. The Labute approximate surface area is 168 Å². The van der Waals surface area contributed by atoms with Gasteiger partial charge in [0.15, 0.2) is 0 Å². The zero-order valence-electron chi connectivity index (χ0n) is 15.7. The molecular formula is C20H26N2O5S. The molecule has 3 rings (SSSR count). The zero-order chi connectivity index (χ0) is 20.1. The van der Waals surface area contributed by atoms with Gasteiger partial charge in [-0.05, 0) is 37.0 Å². The number of thioether (sulfide) groups is 1. The molecule has 28 heavy (non-hydrogen) atoms. The van der Waals surface area contributed by atoms with Gasteiger partial charge in [0.2, 0.25) is 5.91 Å². The number of carboxylic acid groups (broad SMARTS) is 2. The lowest BCUT2D eigenvalue weighted by molar-refractivity contribution is -0.141. The number of aliphatic carboxylic acids is 2. The second-order valence-corrected chi connectivity index (χ2v) is 8.78. The fourth-order valence-electron chi connectivity index (χ4n) is 4.14. The Morgan fingerprint density at radius 1 is 1.21 bits per heavy atom. The molecule has 152 valence electrons. The van der Waals surface area contributed by atoms with E-state index in [1.165, 1.54) is 11.8 Å². The molecule has 2 aliphatic heterocycles. The van der Waals surface area contributed by atoms with E-state index < -0.39 is 23.2 Å². The minimum absolute atomic E-state index is 0.0489. The third-order valence-corrected chi connectivity index (χ3v) is 7.24. The van der Waals surface area contributed by atoms with Crippen LogP contribution in [0.5, 0.6) is 0 Å². The number of hydrogen-bond acceptors (Lipinski definition) is 5. The summed E-state index contributed by atoms with van der Waals surface area (Å²) in [5.74, 6) is -1.14. The Morgan fingerprint density at radius 2 is 1.96 bits per heavy atom. The largest absolute Gasteiger partial charge is 0.480 e. The number of hydrogen-bond donors (Lipinski definition) is 3. The van der Waals surface area contributed by atoms with Crippen molar-refractivity contribution in [3.8, 4) is 0 Å². The Morgan fingerprint density at radius 3 is 2.64 bits per heavy atom. The summed E-state index contributed by atoms with van der Waals surface area (Å²) in [7, 11) is 0. The van der Waals surface area contributed by atoms with Crippen LogP contribution in [0.2, 0.25) is 0 Å². The highest BCUT2D eigenvalue weighted by Crippen LogP contribution is 2.49. The van der Waals surface area contributed by atoms with E-state index in [0.717, 1.165) is 17.7 Å². The summed E-state index contributed by atoms with van der Waals surface area (Å²) in [5, 5.41) is 21.3. The first kappa shape index (κ1) is 20.7. The van der Waals surface area contributed by atoms with Crippen LogP contribution < -0.4 is 5.32 Å². The van der Waals surface area contributed by atoms with Crippen LogP contribution in [-0.4, -0.2) is 69.6 Å². The molecule has 1 aromatic rings. The maximum Gasteiger partial charge on any atom is 0.320 e. The van der Waals surface area contributed by atoms with E-state index in [1.807, 2.05) is 30.3 Å². The van der Waals surface area contributed by atoms with Crippen LogP contribution in [0.15, 0.2) is 30.3 Å². The number of benzene rings is 1. The van der Waals surface area contributed by atoms with Crippen molar-refractivity contribution in [3.63, 3.8) is 0 Å². The molecule has 2 aliphatic rings. The molecule has 0 aromatic heterocycles. The summed E-state index contributed by atoms with van der Waals surface area (Å²) in [6.45, 7) is 0.929. The van der Waals surface area contributed by atoms with Crippen LogP contribution >= 0.6 is 11.8 Å². The van der Waals surface area contributed by atoms with Crippen molar-refractivity contribution >= 4 is 29.6 Å². The molecule has 0 saturated carbocycles. The van der Waals surface area contributed by atoms with Crippen LogP contribution in [-0.2, 0) is 20.8 Å². The summed E-state index contributed by atoms with van der Waals surface area (Å²) in [4.78, 5) is 37.3. The van der Waals surface area contributed by atoms with Gasteiger partial charge < -0.3 is 15.1 Å². The predicted octanol–water partition coefficient (Wildman–Crippen LogP) is 1.47. The highest BCUT2D eigenvalue weighted by molar-refractivity contribution is 8.00. The van der Waals surface area contributed by atoms with Crippen molar-refractivity contribution in [1.82, 2.24) is 10.2 Å². The summed E-state index contributed by atoms with van der Waals surface area (Å²) in [6.07, 6.45) is 2.51. The smallest absolute Gasteiger partial charge is 0.320 e. The summed E-state index contributed by atoms with van der Waals surface area (Å²) < 4.78 is 0. The highest BCUT2D eigenvalue weighted by Gasteiger charge is 2.52. The Balaban J connectivity index is 1.51. The molecule has 8 heteroatoms. The molecule has 1 aromatic carbocycles. The first-order valence-electron chi connectivity index (χ1n) is 9.53. The molecule has 0 bridgehead atoms. The molecule has 7 nitrogen and oxygen atoms in total. The Bertz CT molecular complexity index is 729. The molecule has 3 atom stereocenters. The molecule has 2 fully saturated rings. The molecule has 1 amide bonds. The van der Waals surface area contributed by atoms with Crippen LogP contribution in [0.4, 0.5) is 0 Å². The van der Waals surface area contributed by atoms with Gasteiger partial charge in [-0.3, -0.25) is 19.7 Å². The molecule has 3 N–H and O–H groups in total. The van der Waals surface area contributed by atoms with Gasteiger partial charge in [0, 0.05) is 18.5 Å². The normalized spacial score (nSPS) is 25.1. The number of nitrogens with one attached hydrogen (secondary N) is 1. The van der Waals surface area contributed by atoms with Gasteiger partial charge in [-0.2, -0.15) is 0 Å². The fraction of sp³-hybridized carbons (Fsp3) is 0.550. The van der Waals surface area contributed by atoms with Gasteiger partial charge in [0.25, 0.3) is 0 Å². The van der Waals surface area contributed by atoms with Gasteiger partial charge >= 0.3 is 11.9 Å². The van der Waals surface area contributed by atoms with Crippen molar-refractivity contribution in [1.29, 1.82) is 0 Å². The van der Waals surface area contributed by atoms with Gasteiger partial charge in [-0.15, -0.1) is 11.8 Å². The van der Waals surface area contributed by atoms with Crippen molar-refractivity contribution in [3.05, 3.63) is 35.9 Å². The van der Waals surface area contributed by atoms with Gasteiger partial charge in [-0.25, -0.2) is 0 Å². The molecule has 2 heterocycles. The number of carbonyl (C=O) groups excluding carboxylic acids is 1. The highest BCUT2D eigenvalue weighted by atomic mass is 32.2. The van der Waals surface area contributed by atoms with Crippen LogP contribution in [0.25, 0.3) is 0 Å². The molecule has 1 spiro atoms. The topological polar surface area (TPSA) is 107 Å². The van der Waals surface area contributed by atoms with Crippen LogP contribution in [0, 0.1) is 5.41 Å². The van der Waals surface area contributed by atoms with E-state index in [0.29, 0.717) is 32.4 Å². The number of nitrogens with zero attached hydrogens (tertiary/aromatic N) is 1. The van der Waals surface area contributed by atoms with Crippen LogP contribution in [0.1, 0.15) is 24.8 Å². The number of amides is 1. The van der Waals surface area contributed by atoms with Gasteiger partial charge in [-0.1, -0.05) is 30.3 Å². The predicted molar refractivity (Wildman–Crippen MR) is 106 cm³/mol. The molecule has 2 saturated heterocycles. The van der Waals surface area contributed by atoms with E-state index in [4.69, 9.17) is 0 Å². The zero-order valence-corrected chi connectivity index (χ0v) is 16.5. The lowest BCUT2D eigenvalue weighted by Crippen LogP contribution is -2.45. The molecule has 3 unspecified atom stereocenters. The van der Waals surface area contributed by atoms with Gasteiger partial charge in [0.1, 0.15) is 11.3 Å². The van der Waals surface area contributed by atoms with Crippen molar-refractivity contribution < 1.29 is 24.6 Å². The van der Waals surface area contributed by atoms with E-state index in [1.54, 1.807) is 4.90 Å². The number of carboxylic acids is 2. The molecule has 0 aliphatic carbocycles. The Kier molecular flexibility index (Phi) is 6.61. The second-order valence-electron chi connectivity index (χ2n) is 7.56. The number of likely N-dealkylation sites (tertiary alicyclic amines) is 1. The lowest BCUT2D eigenvalue weighted by atomic mass is 9.81. The average molecular weight is 407 g/mol. The van der Waals surface area contributed by atoms with Gasteiger partial charge in [0.05, 0.1) is 6.54 Å². The van der Waals surface area contributed by atoms with Crippen molar-refractivity contribution in [2.45, 2.75) is 37.0 Å². The van der Waals surface area contributed by atoms with Crippen molar-refractivity contribution in [2.75, 3.05) is 25.4 Å². The molecule has 0 radical (unpaired) electrons. The minimum atomic E-state index is -0.972. The summed E-state index contributed by atoms with van der Waals surface area (Å²) in [5.41, 5.74) is 0.716. The number of carbonyl (C=O) groups is 3. The summed E-state index contributed by atoms with van der Waals surface area (Å²) in [6, 6.07) is 8.84. The SMILES string of the molecule is O=C(O)C(CCc1ccccc1)NCC(=O)N1CCC2(CCSC2C(=O)O)C1. The Hall–Kier alpha value is -2.06. The number of rotatable bonds is 8. The quantitative estimate of drug-likeness (QED) is 0.600. The minimum Gasteiger partial charge on any atom is -0.480 e. The van der Waals surface area contributed by atoms with Crippen molar-refractivity contribution in [2.24, 2.45) is 5.41 Å². The standard InChI is InChI=1S/C20H26N2O5S/c23-16(22-10-8-20(13-22)9-11-28-17(20)19(26)27)12-21-15(18(24)25)7-6-14-4-2-1-3-5-14/h1-5,15,17,21H,6-13H2,(H,24,25)(H,26,27). The molecular weight excluding hydrogens is 380 g/mol. The van der Waals surface area contributed by atoms with E-state index >= 15 is 0 Å². The van der Waals surface area contributed by atoms with E-state index in [-0.39, 0.29) is 17.9 Å². The van der Waals surface area contributed by atoms with E-state index in [2.05, 4.69) is 5.32 Å².